The van der Waals surface area contributed by atoms with Crippen LogP contribution in [0.3, 0.4) is 0 Å². The Morgan fingerprint density at radius 2 is 2.11 bits per heavy atom. The Hall–Kier alpha value is -2.04. The van der Waals surface area contributed by atoms with E-state index in [2.05, 4.69) is 5.32 Å². The molecule has 0 aliphatic carbocycles. The molecule has 0 fully saturated rings. The second-order valence-electron chi connectivity index (χ2n) is 4.29. The number of anilines is 2. The lowest BCUT2D eigenvalue weighted by Gasteiger charge is -2.26. The fourth-order valence-corrected chi connectivity index (χ4v) is 1.57. The largest absolute Gasteiger partial charge is 0.442 e. The number of hydrogen-bond acceptors (Lipinski definition) is 4. The maximum Gasteiger partial charge on any atom is 0.307 e. The lowest BCUT2D eigenvalue weighted by molar-refractivity contribution is -0.147. The summed E-state index contributed by atoms with van der Waals surface area (Å²) in [5.41, 5.74) is 1.58. The van der Waals surface area contributed by atoms with Crippen molar-refractivity contribution in [2.45, 2.75) is 33.4 Å². The van der Waals surface area contributed by atoms with E-state index in [9.17, 15) is 9.59 Å². The van der Waals surface area contributed by atoms with E-state index >= 15 is 0 Å². The van der Waals surface area contributed by atoms with Crippen molar-refractivity contribution in [3.63, 3.8) is 0 Å². The number of esters is 1. The molecule has 1 N–H and O–H groups in total. The molecule has 0 aromatic heterocycles. The van der Waals surface area contributed by atoms with Crippen LogP contribution in [0, 0.1) is 0 Å². The highest BCUT2D eigenvalue weighted by molar-refractivity contribution is 5.89. The number of rotatable bonds is 5. The second-order valence-corrected chi connectivity index (χ2v) is 4.29. The summed E-state index contributed by atoms with van der Waals surface area (Å²) >= 11 is 0. The molecule has 1 atom stereocenters. The van der Waals surface area contributed by atoms with Crippen molar-refractivity contribution in [3.8, 4) is 0 Å². The molecule has 0 saturated carbocycles. The minimum absolute atomic E-state index is 0.120. The first-order valence-corrected chi connectivity index (χ1v) is 6.24. The number of nitrogens with zero attached hydrogens (tertiary/aromatic N) is 1. The lowest BCUT2D eigenvalue weighted by atomic mass is 10.2. The summed E-state index contributed by atoms with van der Waals surface area (Å²) < 4.78 is 5.24. The number of benzene rings is 1. The van der Waals surface area contributed by atoms with Gasteiger partial charge in [-0.25, -0.2) is 0 Å². The summed E-state index contributed by atoms with van der Waals surface area (Å²) in [6, 6.07) is 7.37. The molecule has 0 aliphatic rings. The summed E-state index contributed by atoms with van der Waals surface area (Å²) in [6.07, 6.45) is -0.00978. The molecule has 0 heterocycles. The zero-order valence-corrected chi connectivity index (χ0v) is 11.8. The number of carbonyl (C=O) groups is 2. The van der Waals surface area contributed by atoms with E-state index in [0.29, 0.717) is 12.1 Å². The van der Waals surface area contributed by atoms with Gasteiger partial charge in [0, 0.05) is 31.8 Å². The fraction of sp³-hybridized carbons (Fsp3) is 0.429. The summed E-state index contributed by atoms with van der Waals surface area (Å²) in [6.45, 7) is 5.02. The van der Waals surface area contributed by atoms with Crippen LogP contribution in [0.4, 0.5) is 11.4 Å². The minimum Gasteiger partial charge on any atom is -0.442 e. The molecule has 5 heteroatoms. The smallest absolute Gasteiger partial charge is 0.307 e. The summed E-state index contributed by atoms with van der Waals surface area (Å²) in [5, 5.41) is 2.72. The molecule has 1 aromatic carbocycles. The Balaban J connectivity index is 2.78. The zero-order chi connectivity index (χ0) is 14.4. The van der Waals surface area contributed by atoms with Gasteiger partial charge in [0.25, 0.3) is 0 Å². The first-order chi connectivity index (χ1) is 8.93. The molecule has 1 unspecified atom stereocenters. The van der Waals surface area contributed by atoms with Gasteiger partial charge in [0.05, 0.1) is 0 Å². The molecule has 1 aromatic rings. The topological polar surface area (TPSA) is 58.6 Å². The van der Waals surface area contributed by atoms with Crippen LogP contribution < -0.4 is 10.2 Å². The van der Waals surface area contributed by atoms with Crippen molar-refractivity contribution in [2.75, 3.05) is 17.3 Å². The third-order valence-electron chi connectivity index (χ3n) is 2.71. The summed E-state index contributed by atoms with van der Waals surface area (Å²) in [5.74, 6) is -0.359. The normalized spacial score (nSPS) is 11.6. The Bertz CT molecular complexity index is 460. The van der Waals surface area contributed by atoms with Gasteiger partial charge in [0.15, 0.2) is 6.23 Å². The molecule has 0 radical (unpaired) electrons. The van der Waals surface area contributed by atoms with Crippen LogP contribution in [0.25, 0.3) is 0 Å². The standard InChI is InChI=1S/C14H20N2O3/c1-5-14(18)19-11(3)16(4)13-8-6-7-12(9-13)15-10(2)17/h6-9,11H,5H2,1-4H3,(H,15,17). The van der Waals surface area contributed by atoms with Crippen LogP contribution >= 0.6 is 0 Å². The fourth-order valence-electron chi connectivity index (χ4n) is 1.57. The summed E-state index contributed by atoms with van der Waals surface area (Å²) in [7, 11) is 1.83. The quantitative estimate of drug-likeness (QED) is 0.655. The van der Waals surface area contributed by atoms with Gasteiger partial charge in [-0.05, 0) is 25.1 Å². The van der Waals surface area contributed by atoms with Gasteiger partial charge < -0.3 is 15.0 Å². The molecule has 0 bridgehead atoms. The van der Waals surface area contributed by atoms with E-state index in [4.69, 9.17) is 4.74 Å². The molecule has 104 valence electrons. The molecule has 19 heavy (non-hydrogen) atoms. The van der Waals surface area contributed by atoms with Gasteiger partial charge in [-0.2, -0.15) is 0 Å². The maximum atomic E-state index is 11.3. The van der Waals surface area contributed by atoms with Crippen LogP contribution in [-0.2, 0) is 14.3 Å². The van der Waals surface area contributed by atoms with Gasteiger partial charge in [-0.15, -0.1) is 0 Å². The van der Waals surface area contributed by atoms with Gasteiger partial charge >= 0.3 is 5.97 Å². The Labute approximate surface area is 113 Å². The second kappa shape index (κ2) is 6.78. The minimum atomic E-state index is -0.361. The highest BCUT2D eigenvalue weighted by Crippen LogP contribution is 2.20. The van der Waals surface area contributed by atoms with Crippen molar-refractivity contribution in [2.24, 2.45) is 0 Å². The van der Waals surface area contributed by atoms with E-state index in [-0.39, 0.29) is 18.1 Å². The molecular formula is C14H20N2O3. The van der Waals surface area contributed by atoms with Crippen LogP contribution in [-0.4, -0.2) is 25.2 Å². The van der Waals surface area contributed by atoms with E-state index in [1.807, 2.05) is 36.2 Å². The molecular weight excluding hydrogens is 244 g/mol. The SMILES string of the molecule is CCC(=O)OC(C)N(C)c1cccc(NC(C)=O)c1. The first-order valence-electron chi connectivity index (χ1n) is 6.24. The van der Waals surface area contributed by atoms with Crippen LogP contribution in [0.15, 0.2) is 24.3 Å². The Morgan fingerprint density at radius 3 is 2.68 bits per heavy atom. The van der Waals surface area contributed by atoms with Gasteiger partial charge in [-0.1, -0.05) is 13.0 Å². The molecule has 0 aliphatic heterocycles. The molecule has 0 spiro atoms. The number of carbonyl (C=O) groups excluding carboxylic acids is 2. The van der Waals surface area contributed by atoms with Crippen molar-refractivity contribution < 1.29 is 14.3 Å². The van der Waals surface area contributed by atoms with Gasteiger partial charge in [0.2, 0.25) is 5.91 Å². The van der Waals surface area contributed by atoms with Crippen LogP contribution in [0.5, 0.6) is 0 Å². The van der Waals surface area contributed by atoms with Gasteiger partial charge in [-0.3, -0.25) is 9.59 Å². The highest BCUT2D eigenvalue weighted by Gasteiger charge is 2.14. The Kier molecular flexibility index (Phi) is 5.36. The average molecular weight is 264 g/mol. The average Bonchev–Trinajstić information content (AvgIpc) is 2.37. The predicted molar refractivity (Wildman–Crippen MR) is 75.0 cm³/mol. The first kappa shape index (κ1) is 15.0. The van der Waals surface area contributed by atoms with Crippen molar-refractivity contribution in [3.05, 3.63) is 24.3 Å². The van der Waals surface area contributed by atoms with Crippen LogP contribution in [0.1, 0.15) is 27.2 Å². The van der Waals surface area contributed by atoms with E-state index in [1.165, 1.54) is 6.92 Å². The monoisotopic (exact) mass is 264 g/mol. The maximum absolute atomic E-state index is 11.3. The van der Waals surface area contributed by atoms with Crippen LogP contribution in [0.2, 0.25) is 0 Å². The molecule has 1 rings (SSSR count). The Morgan fingerprint density at radius 1 is 1.42 bits per heavy atom. The molecule has 5 nitrogen and oxygen atoms in total. The third-order valence-corrected chi connectivity index (χ3v) is 2.71. The van der Waals surface area contributed by atoms with Crippen molar-refractivity contribution in [1.82, 2.24) is 0 Å². The number of amides is 1. The lowest BCUT2D eigenvalue weighted by Crippen LogP contribution is -2.33. The molecule has 0 saturated heterocycles. The van der Waals surface area contributed by atoms with E-state index in [1.54, 1.807) is 13.8 Å². The highest BCUT2D eigenvalue weighted by atomic mass is 16.6. The van der Waals surface area contributed by atoms with E-state index < -0.39 is 0 Å². The van der Waals surface area contributed by atoms with Gasteiger partial charge in [0.1, 0.15) is 0 Å². The van der Waals surface area contributed by atoms with Crippen molar-refractivity contribution >= 4 is 23.3 Å². The van der Waals surface area contributed by atoms with E-state index in [0.717, 1.165) is 5.69 Å². The number of nitrogens with one attached hydrogen (secondary N) is 1. The third kappa shape index (κ3) is 4.62. The van der Waals surface area contributed by atoms with Crippen molar-refractivity contribution in [1.29, 1.82) is 0 Å². The zero-order valence-electron chi connectivity index (χ0n) is 11.8. The number of hydrogen-bond donors (Lipinski definition) is 1. The molecule has 1 amide bonds. The summed E-state index contributed by atoms with van der Waals surface area (Å²) in [4.78, 5) is 24.1. The number of ether oxygens (including phenoxy) is 1. The predicted octanol–water partition coefficient (Wildman–Crippen LogP) is 2.38.